The molecule has 1 N–H and O–H groups in total. The molecule has 44 heavy (non-hydrogen) atoms. The van der Waals surface area contributed by atoms with Gasteiger partial charge >= 0.3 is 6.18 Å². The fourth-order valence-electron chi connectivity index (χ4n) is 5.30. The predicted octanol–water partition coefficient (Wildman–Crippen LogP) is 5.81. The van der Waals surface area contributed by atoms with E-state index in [1.165, 1.54) is 12.4 Å². The SMILES string of the molecule is CC(C)n1cnnc1-c1cccc(NC(=O)c2cc3c(cc2F)CN(C(=O)C(C)(C)C(F)(F)F)Cc2c(C4CC4)ncn2-3)n1. The Kier molecular flexibility index (Phi) is 7.05. The van der Waals surface area contributed by atoms with Crippen molar-refractivity contribution in [2.75, 3.05) is 5.32 Å². The summed E-state index contributed by atoms with van der Waals surface area (Å²) in [4.78, 5) is 36.7. The van der Waals surface area contributed by atoms with Crippen LogP contribution in [0.25, 0.3) is 17.2 Å². The molecule has 1 aliphatic heterocycles. The first kappa shape index (κ1) is 29.5. The van der Waals surface area contributed by atoms with Crippen LogP contribution in [0.3, 0.4) is 0 Å². The number of pyridine rings is 1. The second-order valence-corrected chi connectivity index (χ2v) is 12.0. The smallest absolute Gasteiger partial charge is 0.332 e. The molecule has 1 aliphatic carbocycles. The number of hydrogen-bond acceptors (Lipinski definition) is 6. The monoisotopic (exact) mass is 610 g/mol. The van der Waals surface area contributed by atoms with Crippen LogP contribution in [0.1, 0.15) is 79.8 Å². The number of rotatable bonds is 6. The molecular weight excluding hydrogens is 580 g/mol. The van der Waals surface area contributed by atoms with Crippen LogP contribution in [0.2, 0.25) is 0 Å². The molecule has 14 heteroatoms. The Balaban J connectivity index is 1.36. The third kappa shape index (κ3) is 5.11. The standard InChI is InChI=1S/C30H30F4N8O2/c1-16(2)41-15-36-39-26(41)21-6-5-7-24(37-21)38-27(43)19-11-22-18(10-20(19)31)12-40(28(44)29(3,4)30(32,33)34)13-23-25(17-8-9-17)35-14-42(22)23/h5-7,10-11,14-17H,8-9,12-13H2,1-4H3,(H,37,38,43). The van der Waals surface area contributed by atoms with Gasteiger partial charge in [-0.1, -0.05) is 6.07 Å². The Hall–Kier alpha value is -4.62. The van der Waals surface area contributed by atoms with E-state index in [9.17, 15) is 22.8 Å². The van der Waals surface area contributed by atoms with Gasteiger partial charge in [-0.2, -0.15) is 13.2 Å². The van der Waals surface area contributed by atoms with Crippen LogP contribution in [-0.2, 0) is 17.9 Å². The molecule has 3 aromatic heterocycles. The zero-order chi connectivity index (χ0) is 31.6. The van der Waals surface area contributed by atoms with Crippen molar-refractivity contribution in [1.82, 2.24) is 34.2 Å². The Morgan fingerprint density at radius 3 is 2.50 bits per heavy atom. The number of nitrogens with one attached hydrogen (secondary N) is 1. The van der Waals surface area contributed by atoms with Gasteiger partial charge in [-0.15, -0.1) is 10.2 Å². The van der Waals surface area contributed by atoms with E-state index in [1.807, 2.05) is 18.4 Å². The van der Waals surface area contributed by atoms with Crippen LogP contribution >= 0.6 is 0 Å². The van der Waals surface area contributed by atoms with Crippen LogP contribution in [-0.4, -0.2) is 52.2 Å². The van der Waals surface area contributed by atoms with Gasteiger partial charge < -0.3 is 19.4 Å². The number of carbonyl (C=O) groups is 2. The number of imidazole rings is 1. The quantitative estimate of drug-likeness (QED) is 0.276. The summed E-state index contributed by atoms with van der Waals surface area (Å²) >= 11 is 0. The number of amides is 2. The number of halogens is 4. The van der Waals surface area contributed by atoms with E-state index in [1.54, 1.807) is 29.1 Å². The van der Waals surface area contributed by atoms with Crippen molar-refractivity contribution in [1.29, 1.82) is 0 Å². The average Bonchev–Trinajstić information content (AvgIpc) is 3.56. The minimum Gasteiger partial charge on any atom is -0.332 e. The zero-order valence-electron chi connectivity index (χ0n) is 24.5. The number of fused-ring (bicyclic) bond motifs is 3. The number of alkyl halides is 3. The molecule has 1 aromatic carbocycles. The van der Waals surface area contributed by atoms with Crippen molar-refractivity contribution < 1.29 is 27.2 Å². The molecule has 10 nitrogen and oxygen atoms in total. The molecule has 6 rings (SSSR count). The number of aromatic nitrogens is 6. The number of benzene rings is 1. The lowest BCUT2D eigenvalue weighted by atomic mass is 9.90. The van der Waals surface area contributed by atoms with E-state index in [-0.39, 0.29) is 42.0 Å². The van der Waals surface area contributed by atoms with Gasteiger partial charge in [0.25, 0.3) is 5.91 Å². The van der Waals surface area contributed by atoms with E-state index in [2.05, 4.69) is 25.5 Å². The van der Waals surface area contributed by atoms with Crippen molar-refractivity contribution >= 4 is 17.6 Å². The molecular formula is C30H30F4N8O2. The summed E-state index contributed by atoms with van der Waals surface area (Å²) in [7, 11) is 0. The largest absolute Gasteiger partial charge is 0.402 e. The maximum Gasteiger partial charge on any atom is 0.402 e. The topological polar surface area (TPSA) is 111 Å². The van der Waals surface area contributed by atoms with Crippen molar-refractivity contribution in [3.8, 4) is 17.2 Å². The molecule has 0 unspecified atom stereocenters. The molecule has 0 radical (unpaired) electrons. The third-order valence-corrected chi connectivity index (χ3v) is 8.12. The average molecular weight is 611 g/mol. The molecule has 2 aliphatic rings. The van der Waals surface area contributed by atoms with Gasteiger partial charge in [-0.25, -0.2) is 14.4 Å². The Morgan fingerprint density at radius 2 is 1.82 bits per heavy atom. The highest BCUT2D eigenvalue weighted by Crippen LogP contribution is 2.44. The molecule has 0 saturated heterocycles. The molecule has 4 heterocycles. The van der Waals surface area contributed by atoms with Crippen LogP contribution in [0.15, 0.2) is 43.0 Å². The van der Waals surface area contributed by atoms with Crippen molar-refractivity contribution in [3.05, 3.63) is 71.3 Å². The number of nitrogens with zero attached hydrogens (tertiary/aromatic N) is 7. The van der Waals surface area contributed by atoms with Crippen molar-refractivity contribution in [2.45, 2.75) is 71.8 Å². The Labute approximate surface area is 250 Å². The van der Waals surface area contributed by atoms with Crippen molar-refractivity contribution in [3.63, 3.8) is 0 Å². The van der Waals surface area contributed by atoms with Gasteiger partial charge in [0.1, 0.15) is 29.1 Å². The molecule has 1 fully saturated rings. The lowest BCUT2D eigenvalue weighted by Crippen LogP contribution is -2.48. The Morgan fingerprint density at radius 1 is 1.07 bits per heavy atom. The summed E-state index contributed by atoms with van der Waals surface area (Å²) in [6.07, 6.45) is 0.0444. The maximum atomic E-state index is 15.6. The fourth-order valence-corrected chi connectivity index (χ4v) is 5.30. The molecule has 1 saturated carbocycles. The Bertz CT molecular complexity index is 1770. The van der Waals surface area contributed by atoms with Crippen LogP contribution in [0.4, 0.5) is 23.4 Å². The molecule has 4 aromatic rings. The summed E-state index contributed by atoms with van der Waals surface area (Å²) in [6.45, 7) is 5.18. The summed E-state index contributed by atoms with van der Waals surface area (Å²) < 4.78 is 60.6. The van der Waals surface area contributed by atoms with E-state index < -0.39 is 29.2 Å². The van der Waals surface area contributed by atoms with Gasteiger partial charge in [-0.05, 0) is 70.4 Å². The maximum absolute atomic E-state index is 15.6. The highest BCUT2D eigenvalue weighted by atomic mass is 19.4. The molecule has 0 spiro atoms. The summed E-state index contributed by atoms with van der Waals surface area (Å²) in [5.41, 5.74) is -0.673. The van der Waals surface area contributed by atoms with Crippen LogP contribution in [0.5, 0.6) is 0 Å². The lowest BCUT2D eigenvalue weighted by molar-refractivity contribution is -0.218. The van der Waals surface area contributed by atoms with Crippen molar-refractivity contribution in [2.24, 2.45) is 5.41 Å². The minimum absolute atomic E-state index is 0.0629. The summed E-state index contributed by atoms with van der Waals surface area (Å²) in [5.74, 6) is -2.02. The molecule has 0 atom stereocenters. The second-order valence-electron chi connectivity index (χ2n) is 12.0. The number of hydrogen-bond donors (Lipinski definition) is 1. The third-order valence-electron chi connectivity index (χ3n) is 8.12. The summed E-state index contributed by atoms with van der Waals surface area (Å²) in [5, 5.41) is 10.7. The number of carbonyl (C=O) groups excluding carboxylic acids is 2. The van der Waals surface area contributed by atoms with E-state index >= 15 is 4.39 Å². The van der Waals surface area contributed by atoms with Gasteiger partial charge in [0.05, 0.1) is 35.5 Å². The zero-order valence-corrected chi connectivity index (χ0v) is 24.5. The van der Waals surface area contributed by atoms with Gasteiger partial charge in [-0.3, -0.25) is 9.59 Å². The molecule has 230 valence electrons. The number of anilines is 1. The predicted molar refractivity (Wildman–Crippen MR) is 151 cm³/mol. The highest BCUT2D eigenvalue weighted by Gasteiger charge is 2.54. The normalized spacial score (nSPS) is 15.2. The minimum atomic E-state index is -4.79. The van der Waals surface area contributed by atoms with Crippen LogP contribution < -0.4 is 5.32 Å². The van der Waals surface area contributed by atoms with Gasteiger partial charge in [0.15, 0.2) is 5.82 Å². The highest BCUT2D eigenvalue weighted by molar-refractivity contribution is 6.04. The summed E-state index contributed by atoms with van der Waals surface area (Å²) in [6, 6.07) is 7.44. The fraction of sp³-hybridized carbons (Fsp3) is 0.400. The molecule has 2 amide bonds. The first-order valence-corrected chi connectivity index (χ1v) is 14.2. The van der Waals surface area contributed by atoms with E-state index in [0.717, 1.165) is 37.7 Å². The van der Waals surface area contributed by atoms with Gasteiger partial charge in [0.2, 0.25) is 5.91 Å². The lowest BCUT2D eigenvalue weighted by Gasteiger charge is -2.32. The van der Waals surface area contributed by atoms with E-state index in [0.29, 0.717) is 28.6 Å². The second kappa shape index (κ2) is 10.5. The molecule has 0 bridgehead atoms. The van der Waals surface area contributed by atoms with E-state index in [4.69, 9.17) is 0 Å². The van der Waals surface area contributed by atoms with Crippen LogP contribution in [0, 0.1) is 11.2 Å². The van der Waals surface area contributed by atoms with Gasteiger partial charge in [0, 0.05) is 18.5 Å². The first-order valence-electron chi connectivity index (χ1n) is 14.2. The first-order chi connectivity index (χ1) is 20.8.